The van der Waals surface area contributed by atoms with Gasteiger partial charge in [0.15, 0.2) is 0 Å². The van der Waals surface area contributed by atoms with Gasteiger partial charge >= 0.3 is 0 Å². The van der Waals surface area contributed by atoms with Crippen molar-refractivity contribution in [2.24, 2.45) is 0 Å². The van der Waals surface area contributed by atoms with Crippen LogP contribution in [0.3, 0.4) is 0 Å². The van der Waals surface area contributed by atoms with Crippen LogP contribution in [0.25, 0.3) is 11.0 Å². The van der Waals surface area contributed by atoms with Crippen LogP contribution < -0.4 is 5.32 Å². The van der Waals surface area contributed by atoms with E-state index in [1.807, 2.05) is 31.3 Å². The van der Waals surface area contributed by atoms with E-state index in [-0.39, 0.29) is 6.04 Å². The van der Waals surface area contributed by atoms with Gasteiger partial charge in [-0.25, -0.2) is 0 Å². The smallest absolute Gasteiger partial charge is 0.0890 e. The van der Waals surface area contributed by atoms with Crippen LogP contribution in [0.4, 0.5) is 0 Å². The van der Waals surface area contributed by atoms with Crippen LogP contribution in [0.2, 0.25) is 5.02 Å². The van der Waals surface area contributed by atoms with Gasteiger partial charge in [-0.3, -0.25) is 9.97 Å². The molecule has 3 rings (SSSR count). The lowest BCUT2D eigenvalue weighted by Gasteiger charge is -2.18. The molecule has 1 atom stereocenters. The Bertz CT molecular complexity index is 758. The van der Waals surface area contributed by atoms with Crippen molar-refractivity contribution in [2.75, 3.05) is 7.05 Å². The first-order valence-corrected chi connectivity index (χ1v) is 7.27. The summed E-state index contributed by atoms with van der Waals surface area (Å²) in [4.78, 5) is 8.67. The molecule has 0 spiro atoms. The van der Waals surface area contributed by atoms with Gasteiger partial charge in [0.05, 0.1) is 11.0 Å². The molecule has 0 amide bonds. The fourth-order valence-electron chi connectivity index (χ4n) is 2.47. The first-order chi connectivity index (χ1) is 10.3. The molecule has 0 aliphatic rings. The monoisotopic (exact) mass is 297 g/mol. The predicted octanol–water partition coefficient (Wildman–Crippen LogP) is 3.79. The summed E-state index contributed by atoms with van der Waals surface area (Å²) in [5, 5.41) is 4.16. The molecule has 1 heterocycles. The van der Waals surface area contributed by atoms with Crippen LogP contribution in [0, 0.1) is 0 Å². The van der Waals surface area contributed by atoms with E-state index in [2.05, 4.69) is 33.5 Å². The zero-order chi connectivity index (χ0) is 14.7. The minimum Gasteiger partial charge on any atom is -0.313 e. The average molecular weight is 298 g/mol. The van der Waals surface area contributed by atoms with Gasteiger partial charge in [-0.15, -0.1) is 0 Å². The van der Waals surface area contributed by atoms with Crippen molar-refractivity contribution in [1.82, 2.24) is 15.3 Å². The number of nitrogens with one attached hydrogen (secondary N) is 1. The van der Waals surface area contributed by atoms with Crippen molar-refractivity contribution in [3.63, 3.8) is 0 Å². The number of halogens is 1. The summed E-state index contributed by atoms with van der Waals surface area (Å²) < 4.78 is 0. The number of hydrogen-bond donors (Lipinski definition) is 1. The van der Waals surface area contributed by atoms with Crippen molar-refractivity contribution in [3.8, 4) is 0 Å². The normalized spacial score (nSPS) is 12.5. The fourth-order valence-corrected chi connectivity index (χ4v) is 2.68. The lowest BCUT2D eigenvalue weighted by Crippen LogP contribution is -2.19. The first-order valence-electron chi connectivity index (χ1n) is 6.89. The maximum absolute atomic E-state index is 6.26. The van der Waals surface area contributed by atoms with Crippen LogP contribution >= 0.6 is 11.6 Å². The summed E-state index contributed by atoms with van der Waals surface area (Å²) in [5.41, 5.74) is 4.14. The Morgan fingerprint density at radius 1 is 1.05 bits per heavy atom. The summed E-state index contributed by atoms with van der Waals surface area (Å²) >= 11 is 6.26. The van der Waals surface area contributed by atoms with Crippen LogP contribution in [-0.4, -0.2) is 17.0 Å². The largest absolute Gasteiger partial charge is 0.313 e. The Labute approximate surface area is 129 Å². The molecular formula is C17H16ClN3. The Morgan fingerprint density at radius 3 is 2.57 bits per heavy atom. The number of aromatic nitrogens is 2. The summed E-state index contributed by atoms with van der Waals surface area (Å²) in [5.74, 6) is 0. The van der Waals surface area contributed by atoms with Crippen molar-refractivity contribution < 1.29 is 0 Å². The van der Waals surface area contributed by atoms with E-state index in [9.17, 15) is 0 Å². The molecule has 3 nitrogen and oxygen atoms in total. The van der Waals surface area contributed by atoms with Crippen LogP contribution in [0.15, 0.2) is 54.9 Å². The van der Waals surface area contributed by atoms with Crippen molar-refractivity contribution in [3.05, 3.63) is 71.0 Å². The van der Waals surface area contributed by atoms with Gasteiger partial charge in [-0.2, -0.15) is 0 Å². The lowest BCUT2D eigenvalue weighted by molar-refractivity contribution is 0.592. The second-order valence-electron chi connectivity index (χ2n) is 4.94. The van der Waals surface area contributed by atoms with Crippen molar-refractivity contribution >= 4 is 22.6 Å². The molecule has 0 aliphatic heterocycles. The molecule has 3 aromatic rings. The second kappa shape index (κ2) is 6.20. The maximum Gasteiger partial charge on any atom is 0.0890 e. The summed E-state index contributed by atoms with van der Waals surface area (Å²) in [6, 6.07) is 14.3. The van der Waals surface area contributed by atoms with Gasteiger partial charge in [0.1, 0.15) is 0 Å². The van der Waals surface area contributed by atoms with Crippen molar-refractivity contribution in [1.29, 1.82) is 0 Å². The highest BCUT2D eigenvalue weighted by atomic mass is 35.5. The van der Waals surface area contributed by atoms with Gasteiger partial charge in [-0.05, 0) is 42.8 Å². The van der Waals surface area contributed by atoms with Gasteiger partial charge in [0.2, 0.25) is 0 Å². The highest BCUT2D eigenvalue weighted by Gasteiger charge is 2.12. The molecule has 1 N–H and O–H groups in total. The highest BCUT2D eigenvalue weighted by Crippen LogP contribution is 2.24. The summed E-state index contributed by atoms with van der Waals surface area (Å²) in [7, 11) is 1.96. The molecule has 1 aromatic heterocycles. The van der Waals surface area contributed by atoms with Crippen LogP contribution in [0.1, 0.15) is 17.2 Å². The third kappa shape index (κ3) is 3.04. The molecule has 21 heavy (non-hydrogen) atoms. The zero-order valence-corrected chi connectivity index (χ0v) is 12.5. The first kappa shape index (κ1) is 14.0. The highest BCUT2D eigenvalue weighted by molar-refractivity contribution is 6.31. The molecule has 2 aromatic carbocycles. The van der Waals surface area contributed by atoms with E-state index >= 15 is 0 Å². The molecule has 0 saturated carbocycles. The van der Waals surface area contributed by atoms with Crippen LogP contribution in [-0.2, 0) is 6.42 Å². The van der Waals surface area contributed by atoms with E-state index in [0.29, 0.717) is 0 Å². The Kier molecular flexibility index (Phi) is 4.13. The van der Waals surface area contributed by atoms with Crippen molar-refractivity contribution in [2.45, 2.75) is 12.5 Å². The Hall–Kier alpha value is -1.97. The van der Waals surface area contributed by atoms with E-state index < -0.39 is 0 Å². The van der Waals surface area contributed by atoms with E-state index in [4.69, 9.17) is 11.6 Å². The number of fused-ring (bicyclic) bond motifs is 1. The number of nitrogens with zero attached hydrogens (tertiary/aromatic N) is 2. The SMILES string of the molecule is CNC(Cc1ccccc1Cl)c1ccc2nccnc2c1. The molecule has 0 aliphatic carbocycles. The molecule has 106 valence electrons. The van der Waals surface area contributed by atoms with Gasteiger partial charge in [0, 0.05) is 23.5 Å². The average Bonchev–Trinajstić information content (AvgIpc) is 2.54. The van der Waals surface area contributed by atoms with Crippen LogP contribution in [0.5, 0.6) is 0 Å². The molecule has 0 radical (unpaired) electrons. The molecular weight excluding hydrogens is 282 g/mol. The molecule has 0 fully saturated rings. The standard InChI is InChI=1S/C17H16ClN3/c1-19-16(10-12-4-2-3-5-14(12)18)13-6-7-15-17(11-13)21-9-8-20-15/h2-9,11,16,19H,10H2,1H3. The second-order valence-corrected chi connectivity index (χ2v) is 5.35. The third-order valence-corrected chi connectivity index (χ3v) is 3.99. The minimum absolute atomic E-state index is 0.191. The minimum atomic E-state index is 0.191. The quantitative estimate of drug-likeness (QED) is 0.796. The lowest BCUT2D eigenvalue weighted by atomic mass is 9.98. The van der Waals surface area contributed by atoms with E-state index in [1.54, 1.807) is 12.4 Å². The van der Waals surface area contributed by atoms with Gasteiger partial charge in [0.25, 0.3) is 0 Å². The maximum atomic E-state index is 6.26. The summed E-state index contributed by atoms with van der Waals surface area (Å²) in [6.07, 6.45) is 4.26. The predicted molar refractivity (Wildman–Crippen MR) is 86.5 cm³/mol. The number of benzene rings is 2. The number of hydrogen-bond acceptors (Lipinski definition) is 3. The summed E-state index contributed by atoms with van der Waals surface area (Å²) in [6.45, 7) is 0. The van der Waals surface area contributed by atoms with Gasteiger partial charge in [-0.1, -0.05) is 35.9 Å². The Balaban J connectivity index is 1.93. The zero-order valence-electron chi connectivity index (χ0n) is 11.8. The van der Waals surface area contributed by atoms with Gasteiger partial charge < -0.3 is 5.32 Å². The molecule has 0 saturated heterocycles. The topological polar surface area (TPSA) is 37.8 Å². The molecule has 4 heteroatoms. The Morgan fingerprint density at radius 2 is 1.81 bits per heavy atom. The molecule has 0 bridgehead atoms. The number of likely N-dealkylation sites (N-methyl/N-ethyl adjacent to an activating group) is 1. The van der Waals surface area contributed by atoms with E-state index in [1.165, 1.54) is 5.56 Å². The number of rotatable bonds is 4. The third-order valence-electron chi connectivity index (χ3n) is 3.63. The van der Waals surface area contributed by atoms with E-state index in [0.717, 1.165) is 28.0 Å². The fraction of sp³-hybridized carbons (Fsp3) is 0.176. The molecule has 1 unspecified atom stereocenters.